The molecule has 260 valence electrons. The van der Waals surface area contributed by atoms with E-state index in [0.29, 0.717) is 5.95 Å². The highest BCUT2D eigenvalue weighted by atomic mass is 32.1. The van der Waals surface area contributed by atoms with Crippen LogP contribution in [0.25, 0.3) is 81.2 Å². The van der Waals surface area contributed by atoms with Gasteiger partial charge in [0.05, 0.1) is 32.4 Å². The predicted molar refractivity (Wildman–Crippen MR) is 230 cm³/mol. The normalized spacial score (nSPS) is 13.6. The fourth-order valence-electron chi connectivity index (χ4n) is 9.74. The van der Waals surface area contributed by atoms with Gasteiger partial charge in [-0.2, -0.15) is 0 Å². The Labute approximate surface area is 325 Å². The molecule has 3 aromatic heterocycles. The van der Waals surface area contributed by atoms with E-state index >= 15 is 0 Å². The van der Waals surface area contributed by atoms with E-state index < -0.39 is 5.41 Å². The van der Waals surface area contributed by atoms with Crippen LogP contribution >= 0.6 is 11.3 Å². The van der Waals surface area contributed by atoms with Crippen molar-refractivity contribution in [3.8, 4) is 39.8 Å². The molecule has 4 heterocycles. The van der Waals surface area contributed by atoms with E-state index in [1.165, 1.54) is 37.7 Å². The number of para-hydroxylation sites is 2. The van der Waals surface area contributed by atoms with Crippen LogP contribution in [-0.2, 0) is 5.41 Å². The van der Waals surface area contributed by atoms with Crippen molar-refractivity contribution in [3.05, 3.63) is 198 Å². The second-order valence-corrected chi connectivity index (χ2v) is 15.9. The molecule has 1 aliphatic carbocycles. The molecule has 2 aliphatic rings. The smallest absolute Gasteiger partial charge is 0.235 e. The van der Waals surface area contributed by atoms with Crippen LogP contribution in [0.2, 0.25) is 0 Å². The fourth-order valence-corrected chi connectivity index (χ4v) is 10.9. The Hall–Kier alpha value is -7.08. The molecule has 0 N–H and O–H groups in total. The summed E-state index contributed by atoms with van der Waals surface area (Å²) in [6.07, 6.45) is 0. The first-order chi connectivity index (χ1) is 27.8. The quantitative estimate of drug-likeness (QED) is 0.178. The number of aromatic nitrogens is 3. The Kier molecular flexibility index (Phi) is 5.95. The molecule has 11 aromatic rings. The Morgan fingerprint density at radius 2 is 1.16 bits per heavy atom. The minimum Gasteiger partial charge on any atom is -0.457 e. The summed E-state index contributed by atoms with van der Waals surface area (Å²) in [5, 5.41) is 5.80. The third-order valence-corrected chi connectivity index (χ3v) is 13.2. The Bertz CT molecular complexity index is 3440. The number of nitrogens with zero attached hydrogens (tertiary/aromatic N) is 3. The van der Waals surface area contributed by atoms with E-state index in [-0.39, 0.29) is 0 Å². The Morgan fingerprint density at radius 1 is 0.482 bits per heavy atom. The average molecular weight is 732 g/mol. The molecular formula is C51H29N3OS. The van der Waals surface area contributed by atoms with Crippen molar-refractivity contribution in [1.82, 2.24) is 14.5 Å². The summed E-state index contributed by atoms with van der Waals surface area (Å²) in [7, 11) is 0. The molecule has 0 fully saturated rings. The van der Waals surface area contributed by atoms with Crippen LogP contribution in [0.15, 0.2) is 176 Å². The lowest BCUT2D eigenvalue weighted by molar-refractivity contribution is 0.437. The summed E-state index contributed by atoms with van der Waals surface area (Å²) in [6.45, 7) is 0. The highest BCUT2D eigenvalue weighted by molar-refractivity contribution is 7.26. The monoisotopic (exact) mass is 731 g/mol. The van der Waals surface area contributed by atoms with Crippen LogP contribution in [0, 0.1) is 0 Å². The maximum absolute atomic E-state index is 6.99. The number of benzene rings is 8. The van der Waals surface area contributed by atoms with Gasteiger partial charge in [0.2, 0.25) is 5.95 Å². The first-order valence-electron chi connectivity index (χ1n) is 19.0. The lowest BCUT2D eigenvalue weighted by Gasteiger charge is -2.39. The molecule has 0 saturated heterocycles. The minimum atomic E-state index is -0.553. The van der Waals surface area contributed by atoms with Crippen molar-refractivity contribution in [1.29, 1.82) is 0 Å². The number of thiophene rings is 1. The number of hydrogen-bond acceptors (Lipinski definition) is 4. The van der Waals surface area contributed by atoms with Crippen molar-refractivity contribution < 1.29 is 4.74 Å². The van der Waals surface area contributed by atoms with Gasteiger partial charge in [0.1, 0.15) is 11.5 Å². The third kappa shape index (κ3) is 3.87. The van der Waals surface area contributed by atoms with Gasteiger partial charge in [0.15, 0.2) is 0 Å². The van der Waals surface area contributed by atoms with Gasteiger partial charge in [-0.05, 0) is 63.4 Å². The third-order valence-electron chi connectivity index (χ3n) is 12.1. The molecule has 0 saturated carbocycles. The van der Waals surface area contributed by atoms with E-state index in [0.717, 1.165) is 71.3 Å². The molecular weight excluding hydrogens is 703 g/mol. The minimum absolute atomic E-state index is 0.553. The van der Waals surface area contributed by atoms with E-state index in [1.807, 2.05) is 0 Å². The van der Waals surface area contributed by atoms with Crippen molar-refractivity contribution in [2.24, 2.45) is 0 Å². The topological polar surface area (TPSA) is 39.9 Å². The van der Waals surface area contributed by atoms with Gasteiger partial charge in [0, 0.05) is 43.6 Å². The predicted octanol–water partition coefficient (Wildman–Crippen LogP) is 13.2. The molecule has 1 spiro atoms. The van der Waals surface area contributed by atoms with Crippen molar-refractivity contribution in [2.75, 3.05) is 0 Å². The molecule has 5 heteroatoms. The summed E-state index contributed by atoms with van der Waals surface area (Å²) >= 11 is 1.76. The van der Waals surface area contributed by atoms with Crippen LogP contribution in [0.4, 0.5) is 0 Å². The van der Waals surface area contributed by atoms with Crippen molar-refractivity contribution in [3.63, 3.8) is 0 Å². The van der Waals surface area contributed by atoms with E-state index in [2.05, 4.69) is 180 Å². The number of ether oxygens (including phenoxy) is 1. The molecule has 0 bridgehead atoms. The molecule has 0 atom stereocenters. The van der Waals surface area contributed by atoms with Gasteiger partial charge in [-0.3, -0.25) is 4.57 Å². The summed E-state index contributed by atoms with van der Waals surface area (Å²) < 4.78 is 11.5. The maximum atomic E-state index is 6.99. The van der Waals surface area contributed by atoms with Crippen LogP contribution < -0.4 is 4.74 Å². The second-order valence-electron chi connectivity index (χ2n) is 14.9. The maximum Gasteiger partial charge on any atom is 0.235 e. The van der Waals surface area contributed by atoms with Crippen LogP contribution in [0.5, 0.6) is 11.5 Å². The lowest BCUT2D eigenvalue weighted by Crippen LogP contribution is -2.32. The summed E-state index contributed by atoms with van der Waals surface area (Å²) in [6, 6.07) is 63.3. The lowest BCUT2D eigenvalue weighted by atomic mass is 9.66. The zero-order chi connectivity index (χ0) is 36.5. The average Bonchev–Trinajstić information content (AvgIpc) is 3.89. The van der Waals surface area contributed by atoms with E-state index in [1.54, 1.807) is 11.3 Å². The SMILES string of the molecule is c1ccc2c(c1)Oc1cc3c(cc1C21c2ccccc2-c2ccccc21)c1ccccc1n3-c1nc(-c2ccc3ccccc3c2)c2sc3ccccc3c2n1. The van der Waals surface area contributed by atoms with Crippen LogP contribution in [0.3, 0.4) is 0 Å². The van der Waals surface area contributed by atoms with Crippen molar-refractivity contribution >= 4 is 64.2 Å². The number of fused-ring (bicyclic) bond motifs is 16. The van der Waals surface area contributed by atoms with Gasteiger partial charge in [-0.1, -0.05) is 140 Å². The second kappa shape index (κ2) is 11.0. The van der Waals surface area contributed by atoms with Gasteiger partial charge in [-0.15, -0.1) is 11.3 Å². The molecule has 0 amide bonds. The molecule has 0 radical (unpaired) electrons. The van der Waals surface area contributed by atoms with Crippen molar-refractivity contribution in [2.45, 2.75) is 5.41 Å². The highest BCUT2D eigenvalue weighted by Crippen LogP contribution is 2.62. The van der Waals surface area contributed by atoms with Crippen LogP contribution in [-0.4, -0.2) is 14.5 Å². The zero-order valence-corrected chi connectivity index (χ0v) is 30.7. The molecule has 0 unspecified atom stereocenters. The van der Waals surface area contributed by atoms with Gasteiger partial charge >= 0.3 is 0 Å². The van der Waals surface area contributed by atoms with Gasteiger partial charge in [-0.25, -0.2) is 9.97 Å². The summed E-state index contributed by atoms with van der Waals surface area (Å²) in [5.74, 6) is 2.34. The zero-order valence-electron chi connectivity index (χ0n) is 29.9. The van der Waals surface area contributed by atoms with Crippen LogP contribution in [0.1, 0.15) is 22.3 Å². The summed E-state index contributed by atoms with van der Waals surface area (Å²) in [4.78, 5) is 11.0. The highest BCUT2D eigenvalue weighted by Gasteiger charge is 2.51. The van der Waals surface area contributed by atoms with Gasteiger partial charge < -0.3 is 4.74 Å². The molecule has 4 nitrogen and oxygen atoms in total. The first-order valence-corrected chi connectivity index (χ1v) is 19.8. The molecule has 56 heavy (non-hydrogen) atoms. The molecule has 1 aliphatic heterocycles. The molecule has 8 aromatic carbocycles. The first kappa shape index (κ1) is 30.3. The summed E-state index contributed by atoms with van der Waals surface area (Å²) in [5.41, 5.74) is 11.8. The number of hydrogen-bond donors (Lipinski definition) is 0. The largest absolute Gasteiger partial charge is 0.457 e. The van der Waals surface area contributed by atoms with E-state index in [4.69, 9.17) is 14.7 Å². The standard InChI is InChI=1S/C51H29N3OS/c1-2-14-31-27-32(26-25-30(31)13-1)47-49-48(36-18-6-12-24-46(36)56-49)53-50(52-47)54-42-22-10-5-17-35(42)37-28-41-45(29-43(37)54)55-44-23-11-9-21-40(44)51(41)38-19-7-3-15-33(38)34-16-4-8-20-39(34)51/h1-29H. The molecule has 13 rings (SSSR count). The van der Waals surface area contributed by atoms with Gasteiger partial charge in [0.25, 0.3) is 0 Å². The fraction of sp³-hybridized carbons (Fsp3) is 0.0196. The number of rotatable bonds is 2. The van der Waals surface area contributed by atoms with E-state index in [9.17, 15) is 0 Å². The Morgan fingerprint density at radius 3 is 2.00 bits per heavy atom. The Balaban J connectivity index is 1.14.